The van der Waals surface area contributed by atoms with Crippen LogP contribution in [0.1, 0.15) is 24.0 Å². The largest absolute Gasteiger partial charge is 0.461 e. The number of nitrogens with zero attached hydrogens (tertiary/aromatic N) is 5. The van der Waals surface area contributed by atoms with Crippen molar-refractivity contribution < 1.29 is 9.21 Å². The Kier molecular flexibility index (Phi) is 8.73. The first-order valence-electron chi connectivity index (χ1n) is 13.1. The molecule has 2 aromatic heterocycles. The molecule has 1 saturated heterocycles. The summed E-state index contributed by atoms with van der Waals surface area (Å²) >= 11 is 1.62. The second-order valence-corrected chi connectivity index (χ2v) is 10.5. The van der Waals surface area contributed by atoms with Gasteiger partial charge in [-0.25, -0.2) is 0 Å². The topological polar surface area (TPSA) is 67.4 Å². The summed E-state index contributed by atoms with van der Waals surface area (Å²) in [5, 5.41) is 9.66. The molecular weight excluding hydrogens is 494 g/mol. The first kappa shape index (κ1) is 26.0. The fourth-order valence-electron chi connectivity index (χ4n) is 4.56. The molecule has 0 bridgehead atoms. The number of aromatic nitrogens is 3. The molecule has 0 unspecified atom stereocenters. The highest BCUT2D eigenvalue weighted by atomic mass is 32.2. The molecule has 1 aliphatic heterocycles. The molecule has 5 rings (SSSR count). The molecule has 3 heterocycles. The van der Waals surface area contributed by atoms with E-state index in [0.29, 0.717) is 18.0 Å². The summed E-state index contributed by atoms with van der Waals surface area (Å²) in [6, 6.07) is 22.4. The van der Waals surface area contributed by atoms with Crippen LogP contribution in [0.15, 0.2) is 88.6 Å². The maximum Gasteiger partial charge on any atom is 0.222 e. The molecule has 1 aliphatic rings. The Hall–Kier alpha value is -3.62. The number of amides is 1. The molecule has 2 aromatic carbocycles. The summed E-state index contributed by atoms with van der Waals surface area (Å²) in [6.07, 6.45) is 7.35. The zero-order valence-electron chi connectivity index (χ0n) is 21.7. The van der Waals surface area contributed by atoms with Gasteiger partial charge in [0.25, 0.3) is 0 Å². The van der Waals surface area contributed by atoms with E-state index in [1.54, 1.807) is 18.0 Å². The summed E-state index contributed by atoms with van der Waals surface area (Å²) in [4.78, 5) is 17.2. The molecule has 4 aromatic rings. The van der Waals surface area contributed by atoms with Crippen LogP contribution in [-0.2, 0) is 4.79 Å². The Morgan fingerprint density at radius 2 is 1.84 bits per heavy atom. The number of furan rings is 1. The van der Waals surface area contributed by atoms with E-state index < -0.39 is 0 Å². The fourth-order valence-corrected chi connectivity index (χ4v) is 5.45. The molecule has 8 heteroatoms. The van der Waals surface area contributed by atoms with Crippen molar-refractivity contribution in [3.05, 3.63) is 90.2 Å². The number of thioether (sulfide) groups is 1. The van der Waals surface area contributed by atoms with Crippen molar-refractivity contribution >= 4 is 23.7 Å². The van der Waals surface area contributed by atoms with Crippen LogP contribution in [0.3, 0.4) is 0 Å². The summed E-state index contributed by atoms with van der Waals surface area (Å²) in [5.74, 6) is 2.38. The number of benzene rings is 2. The van der Waals surface area contributed by atoms with Gasteiger partial charge in [-0.15, -0.1) is 10.2 Å². The SMILES string of the molecule is Cc1cccc(-n2c(SCCCC(=O)N3CCN(CC=Cc4ccccc4)CC3)nnc2-c2ccco2)c1. The second-order valence-electron chi connectivity index (χ2n) is 9.40. The normalized spacial score (nSPS) is 14.4. The third-order valence-corrected chi connectivity index (χ3v) is 7.61. The van der Waals surface area contributed by atoms with Crippen LogP contribution in [0, 0.1) is 6.92 Å². The standard InChI is InChI=1S/C30H33N5O2S/c1-24-9-5-13-26(23-24)35-29(27-14-7-21-37-27)31-32-30(35)38-22-8-15-28(36)34-19-17-33(18-20-34)16-6-12-25-10-3-2-4-11-25/h2-7,9-14,21,23H,8,15-20,22H2,1H3. The molecule has 196 valence electrons. The predicted molar refractivity (Wildman–Crippen MR) is 152 cm³/mol. The average molecular weight is 528 g/mol. The van der Waals surface area contributed by atoms with Gasteiger partial charge in [-0.1, -0.05) is 66.4 Å². The van der Waals surface area contributed by atoms with Gasteiger partial charge in [-0.2, -0.15) is 0 Å². The van der Waals surface area contributed by atoms with Crippen LogP contribution in [0.25, 0.3) is 23.3 Å². The van der Waals surface area contributed by atoms with Crippen LogP contribution in [0.4, 0.5) is 0 Å². The summed E-state index contributed by atoms with van der Waals surface area (Å²) < 4.78 is 7.64. The zero-order chi connectivity index (χ0) is 26.2. The van der Waals surface area contributed by atoms with Gasteiger partial charge in [0, 0.05) is 44.9 Å². The number of rotatable bonds is 10. The Morgan fingerprint density at radius 3 is 2.61 bits per heavy atom. The molecule has 0 saturated carbocycles. The van der Waals surface area contributed by atoms with E-state index in [1.807, 2.05) is 39.8 Å². The van der Waals surface area contributed by atoms with Gasteiger partial charge in [-0.3, -0.25) is 14.3 Å². The van der Waals surface area contributed by atoms with Gasteiger partial charge < -0.3 is 9.32 Å². The minimum absolute atomic E-state index is 0.238. The number of hydrogen-bond acceptors (Lipinski definition) is 6. The molecule has 0 spiro atoms. The Morgan fingerprint density at radius 1 is 1.00 bits per heavy atom. The van der Waals surface area contributed by atoms with E-state index in [2.05, 4.69) is 70.6 Å². The molecule has 38 heavy (non-hydrogen) atoms. The Labute approximate surface area is 228 Å². The number of hydrogen-bond donors (Lipinski definition) is 0. The smallest absolute Gasteiger partial charge is 0.222 e. The molecule has 0 aliphatic carbocycles. The first-order chi connectivity index (χ1) is 18.7. The summed E-state index contributed by atoms with van der Waals surface area (Å²) in [5.41, 5.74) is 3.38. The van der Waals surface area contributed by atoms with Gasteiger partial charge in [0.2, 0.25) is 11.7 Å². The second kappa shape index (κ2) is 12.8. The lowest BCUT2D eigenvalue weighted by Gasteiger charge is -2.34. The van der Waals surface area contributed by atoms with Crippen LogP contribution in [0.2, 0.25) is 0 Å². The molecule has 0 N–H and O–H groups in total. The van der Waals surface area contributed by atoms with Crippen LogP contribution < -0.4 is 0 Å². The summed E-state index contributed by atoms with van der Waals surface area (Å²) in [7, 11) is 0. The molecule has 0 atom stereocenters. The predicted octanol–water partition coefficient (Wildman–Crippen LogP) is 5.57. The van der Waals surface area contributed by atoms with Crippen molar-refractivity contribution in [1.29, 1.82) is 0 Å². The number of carbonyl (C=O) groups is 1. The highest BCUT2D eigenvalue weighted by molar-refractivity contribution is 7.99. The number of piperazine rings is 1. The lowest BCUT2D eigenvalue weighted by atomic mass is 10.2. The fraction of sp³-hybridized carbons (Fsp3) is 0.300. The van der Waals surface area contributed by atoms with Crippen LogP contribution >= 0.6 is 11.8 Å². The van der Waals surface area contributed by atoms with Crippen molar-refractivity contribution in [3.8, 4) is 17.3 Å². The van der Waals surface area contributed by atoms with E-state index in [0.717, 1.165) is 61.3 Å². The van der Waals surface area contributed by atoms with Gasteiger partial charge in [-0.05, 0) is 48.7 Å². The van der Waals surface area contributed by atoms with E-state index in [9.17, 15) is 4.79 Å². The van der Waals surface area contributed by atoms with Gasteiger partial charge >= 0.3 is 0 Å². The summed E-state index contributed by atoms with van der Waals surface area (Å²) in [6.45, 7) is 6.39. The van der Waals surface area contributed by atoms with Crippen LogP contribution in [0.5, 0.6) is 0 Å². The molecule has 0 radical (unpaired) electrons. The minimum atomic E-state index is 0.238. The third kappa shape index (κ3) is 6.62. The Bertz CT molecular complexity index is 1340. The molecular formula is C30H33N5O2S. The quantitative estimate of drug-likeness (QED) is 0.199. The number of aryl methyl sites for hydroxylation is 1. The maximum absolute atomic E-state index is 12.8. The molecule has 1 amide bonds. The van der Waals surface area contributed by atoms with E-state index in [1.165, 1.54) is 5.56 Å². The van der Waals surface area contributed by atoms with E-state index in [4.69, 9.17) is 4.42 Å². The van der Waals surface area contributed by atoms with Crippen LogP contribution in [-0.4, -0.2) is 68.9 Å². The monoisotopic (exact) mass is 527 g/mol. The van der Waals surface area contributed by atoms with Crippen molar-refractivity contribution in [2.24, 2.45) is 0 Å². The van der Waals surface area contributed by atoms with Crippen molar-refractivity contribution in [2.75, 3.05) is 38.5 Å². The lowest BCUT2D eigenvalue weighted by Crippen LogP contribution is -2.48. The maximum atomic E-state index is 12.8. The molecule has 7 nitrogen and oxygen atoms in total. The van der Waals surface area contributed by atoms with Crippen molar-refractivity contribution in [1.82, 2.24) is 24.6 Å². The highest BCUT2D eigenvalue weighted by Crippen LogP contribution is 2.29. The van der Waals surface area contributed by atoms with Gasteiger partial charge in [0.15, 0.2) is 10.9 Å². The highest BCUT2D eigenvalue weighted by Gasteiger charge is 2.21. The van der Waals surface area contributed by atoms with Crippen molar-refractivity contribution in [2.45, 2.75) is 24.9 Å². The number of carbonyl (C=O) groups excluding carboxylic acids is 1. The first-order valence-corrected chi connectivity index (χ1v) is 14.1. The lowest BCUT2D eigenvalue weighted by molar-refractivity contribution is -0.132. The van der Waals surface area contributed by atoms with Crippen molar-refractivity contribution in [3.63, 3.8) is 0 Å². The van der Waals surface area contributed by atoms with E-state index >= 15 is 0 Å². The van der Waals surface area contributed by atoms with Gasteiger partial charge in [0.05, 0.1) is 12.0 Å². The van der Waals surface area contributed by atoms with Gasteiger partial charge in [0.1, 0.15) is 0 Å². The van der Waals surface area contributed by atoms with E-state index in [-0.39, 0.29) is 5.91 Å². The molecule has 1 fully saturated rings. The zero-order valence-corrected chi connectivity index (χ0v) is 22.5. The average Bonchev–Trinajstić information content (AvgIpc) is 3.62. The Balaban J connectivity index is 1.10. The minimum Gasteiger partial charge on any atom is -0.461 e. The third-order valence-electron chi connectivity index (χ3n) is 6.60.